The summed E-state index contributed by atoms with van der Waals surface area (Å²) in [7, 11) is -1.47. The fourth-order valence-electron chi connectivity index (χ4n) is 5.74. The van der Waals surface area contributed by atoms with Gasteiger partial charge in [0.25, 0.3) is 11.8 Å². The van der Waals surface area contributed by atoms with Crippen LogP contribution in [-0.4, -0.2) is 38.9 Å². The molecule has 62 heavy (non-hydrogen) atoms. The van der Waals surface area contributed by atoms with Crippen molar-refractivity contribution in [3.05, 3.63) is 158 Å². The topological polar surface area (TPSA) is 223 Å². The van der Waals surface area contributed by atoms with E-state index in [-0.39, 0.29) is 24.7 Å². The van der Waals surface area contributed by atoms with Gasteiger partial charge in [-0.15, -0.1) is 22.7 Å². The maximum atomic E-state index is 14.3. The maximum Gasteiger partial charge on any atom is 0.490 e. The van der Waals surface area contributed by atoms with Crippen LogP contribution in [0.25, 0.3) is 31.6 Å². The second-order valence-corrected chi connectivity index (χ2v) is 16.0. The number of fused-ring (bicyclic) bond motifs is 2. The van der Waals surface area contributed by atoms with Gasteiger partial charge in [0, 0.05) is 26.9 Å². The molecule has 0 bridgehead atoms. The summed E-state index contributed by atoms with van der Waals surface area (Å²) < 4.78 is 68.8. The lowest BCUT2D eigenvalue weighted by atomic mass is 9.79. The summed E-state index contributed by atoms with van der Waals surface area (Å²) in [5, 5.41) is 18.6. The van der Waals surface area contributed by atoms with E-state index in [0.717, 1.165) is 60.3 Å². The van der Waals surface area contributed by atoms with E-state index >= 15 is 0 Å². The smallest absolute Gasteiger partial charge is 0.483 e. The Morgan fingerprint density at radius 1 is 0.645 bits per heavy atom. The number of halogens is 5. The van der Waals surface area contributed by atoms with Crippen LogP contribution in [-0.2, 0) is 13.2 Å². The Morgan fingerprint density at radius 2 is 1.13 bits per heavy atom. The fourth-order valence-corrected chi connectivity index (χ4v) is 7.81. The van der Waals surface area contributed by atoms with E-state index in [4.69, 9.17) is 42.5 Å². The number of nitrogen functional groups attached to an aromatic ring is 2. The van der Waals surface area contributed by atoms with Crippen molar-refractivity contribution < 1.29 is 46.7 Å². The van der Waals surface area contributed by atoms with Gasteiger partial charge >= 0.3 is 7.12 Å². The van der Waals surface area contributed by atoms with Gasteiger partial charge in [-0.2, -0.15) is 0 Å². The second-order valence-electron chi connectivity index (χ2n) is 12.9. The summed E-state index contributed by atoms with van der Waals surface area (Å²) in [6.07, 6.45) is 0. The Hall–Kier alpha value is -6.58. The van der Waals surface area contributed by atoms with Crippen molar-refractivity contribution in [3.8, 4) is 22.6 Å². The van der Waals surface area contributed by atoms with E-state index < -0.39 is 53.3 Å². The number of benzene rings is 6. The van der Waals surface area contributed by atoms with Gasteiger partial charge in [-0.1, -0.05) is 58.4 Å². The number of nitrogens with zero attached hydrogens (tertiary/aromatic N) is 2. The average Bonchev–Trinajstić information content (AvgIpc) is 3.83. The summed E-state index contributed by atoms with van der Waals surface area (Å²) in [6.45, 7) is -0.0410. The zero-order chi connectivity index (χ0) is 44.7. The highest BCUT2D eigenvalue weighted by atomic mass is 79.9. The van der Waals surface area contributed by atoms with Gasteiger partial charge in [0.15, 0.2) is 23.1 Å². The van der Waals surface area contributed by atoms with Crippen LogP contribution in [0.2, 0.25) is 0 Å². The minimum absolute atomic E-state index is 0.00226. The maximum absolute atomic E-state index is 14.3. The molecule has 0 saturated heterocycles. The summed E-state index contributed by atoms with van der Waals surface area (Å²) in [4.78, 5) is 31.2. The Morgan fingerprint density at radius 3 is 1.61 bits per heavy atom. The molecule has 2 aromatic heterocycles. The molecule has 0 aliphatic heterocycles. The summed E-state index contributed by atoms with van der Waals surface area (Å²) in [5.41, 5.74) is 24.6. The Bertz CT molecular complexity index is 2940. The second kappa shape index (κ2) is 19.9. The molecule has 0 unspecified atom stereocenters. The van der Waals surface area contributed by atoms with Gasteiger partial charge in [0.1, 0.15) is 46.0 Å². The van der Waals surface area contributed by atoms with Gasteiger partial charge in [-0.05, 0) is 72.3 Å². The molecule has 6 aromatic carbocycles. The van der Waals surface area contributed by atoms with Gasteiger partial charge in [-0.3, -0.25) is 9.59 Å². The molecule has 0 aliphatic rings. The van der Waals surface area contributed by atoms with Crippen LogP contribution in [0.1, 0.15) is 30.7 Å². The van der Waals surface area contributed by atoms with Gasteiger partial charge in [-0.25, -0.2) is 27.5 Å². The molecule has 12 nitrogen and oxygen atoms in total. The van der Waals surface area contributed by atoms with Crippen LogP contribution < -0.4 is 37.9 Å². The van der Waals surface area contributed by atoms with Crippen molar-refractivity contribution in [2.75, 3.05) is 11.5 Å². The van der Waals surface area contributed by atoms with Crippen molar-refractivity contribution >= 4 is 94.8 Å². The van der Waals surface area contributed by atoms with Crippen LogP contribution in [0.4, 0.5) is 28.9 Å². The normalized spacial score (nSPS) is 10.7. The zero-order valence-corrected chi connectivity index (χ0v) is 35.0. The number of primary amides is 2. The standard InChI is InChI=1S/C21H15F2N3O2S.C15H9BrF2N2O2S.C6H8BNO2/c22-13-6-7-16(20(23)19(13)21(25)27)28-10-18-26-15-9-11(5-8-17(15)29-18)12-3-1-2-4-14(12)24;16-7-1-4-11-9(5-7)20-12(23-11)6-22-10-3-2-8(17)13(14(10)18)15(19)21;8-6-4-2-1-3-5(6)7(9)10/h1-9H,10,24H2,(H2,25,27);1-5H,6H2,(H2,19,21);1-4,9-10H,8H2. The molecule has 0 spiro atoms. The third-order valence-corrected chi connectivity index (χ3v) is 11.2. The largest absolute Gasteiger partial charge is 0.490 e. The SMILES string of the molecule is NC(=O)c1c(F)ccc(OCc2nc3cc(-c4ccccc4N)ccc3s2)c1F.NC(=O)c1c(F)ccc(OCc2nc3cc(Br)ccc3s2)c1F.Nc1ccccc1B(O)O. The molecule has 20 heteroatoms. The lowest BCUT2D eigenvalue weighted by molar-refractivity contribution is 0.0982. The number of ether oxygens (including phenoxy) is 2. The minimum Gasteiger partial charge on any atom is -0.483 e. The Labute approximate surface area is 366 Å². The molecule has 0 aliphatic carbocycles. The lowest BCUT2D eigenvalue weighted by Crippen LogP contribution is -2.31. The number of rotatable bonds is 10. The van der Waals surface area contributed by atoms with Crippen LogP contribution >= 0.6 is 38.6 Å². The number of hydrogen-bond acceptors (Lipinski definition) is 12. The summed E-state index contributed by atoms with van der Waals surface area (Å²) in [6, 6.07) is 29.7. The molecule has 0 atom stereocenters. The molecule has 0 fully saturated rings. The van der Waals surface area contributed by atoms with Gasteiger partial charge < -0.3 is 42.5 Å². The molecule has 8 rings (SSSR count). The van der Waals surface area contributed by atoms with Crippen molar-refractivity contribution in [2.24, 2.45) is 11.5 Å². The number of amides is 2. The molecule has 0 saturated carbocycles. The summed E-state index contributed by atoms with van der Waals surface area (Å²) >= 11 is 6.15. The molecular formula is C42H32BBrF4N6O6S2. The number of hydrogen-bond donors (Lipinski definition) is 6. The number of carbonyl (C=O) groups excluding carboxylic acids is 2. The first-order valence-electron chi connectivity index (χ1n) is 17.9. The predicted octanol–water partition coefficient (Wildman–Crippen LogP) is 7.47. The van der Waals surface area contributed by atoms with Crippen molar-refractivity contribution in [3.63, 3.8) is 0 Å². The monoisotopic (exact) mass is 946 g/mol. The quantitative estimate of drug-likeness (QED) is 0.0451. The molecule has 0 radical (unpaired) electrons. The molecule has 2 heterocycles. The van der Waals surface area contributed by atoms with E-state index in [1.165, 1.54) is 22.7 Å². The van der Waals surface area contributed by atoms with Crippen LogP contribution in [0, 0.1) is 23.3 Å². The first-order valence-corrected chi connectivity index (χ1v) is 20.3. The number of para-hydroxylation sites is 2. The highest BCUT2D eigenvalue weighted by Gasteiger charge is 2.21. The van der Waals surface area contributed by atoms with Crippen LogP contribution in [0.5, 0.6) is 11.5 Å². The Balaban J connectivity index is 0.000000173. The Kier molecular flexibility index (Phi) is 14.4. The van der Waals surface area contributed by atoms with Crippen LogP contribution in [0.15, 0.2) is 114 Å². The highest BCUT2D eigenvalue weighted by Crippen LogP contribution is 2.32. The van der Waals surface area contributed by atoms with Crippen molar-refractivity contribution in [1.82, 2.24) is 9.97 Å². The number of nitrogens with two attached hydrogens (primary N) is 4. The minimum atomic E-state index is -1.47. The third kappa shape index (κ3) is 10.6. The number of aromatic nitrogens is 2. The predicted molar refractivity (Wildman–Crippen MR) is 236 cm³/mol. The van der Waals surface area contributed by atoms with E-state index in [1.807, 2.05) is 60.7 Å². The first-order chi connectivity index (χ1) is 29.6. The number of thiazole rings is 2. The van der Waals surface area contributed by atoms with E-state index in [0.29, 0.717) is 26.9 Å². The highest BCUT2D eigenvalue weighted by molar-refractivity contribution is 9.10. The molecule has 8 aromatic rings. The molecule has 10 N–H and O–H groups in total. The summed E-state index contributed by atoms with van der Waals surface area (Å²) in [5.74, 6) is -7.18. The average molecular weight is 948 g/mol. The van der Waals surface area contributed by atoms with Crippen molar-refractivity contribution in [2.45, 2.75) is 13.2 Å². The fraction of sp³-hybridized carbons (Fsp3) is 0.0476. The van der Waals surface area contributed by atoms with Gasteiger partial charge in [0.2, 0.25) is 0 Å². The number of anilines is 2. The zero-order valence-electron chi connectivity index (χ0n) is 31.8. The molecule has 316 valence electrons. The van der Waals surface area contributed by atoms with Crippen molar-refractivity contribution in [1.29, 1.82) is 0 Å². The number of carbonyl (C=O) groups is 2. The van der Waals surface area contributed by atoms with E-state index in [9.17, 15) is 27.2 Å². The third-order valence-electron chi connectivity index (χ3n) is 8.68. The van der Waals surface area contributed by atoms with Gasteiger partial charge in [0.05, 0.1) is 20.4 Å². The lowest BCUT2D eigenvalue weighted by Gasteiger charge is -2.08. The first kappa shape index (κ1) is 45.0. The molecular weight excluding hydrogens is 915 g/mol. The molecule has 2 amide bonds. The van der Waals surface area contributed by atoms with Crippen LogP contribution in [0.3, 0.4) is 0 Å². The van der Waals surface area contributed by atoms with E-state index in [1.54, 1.807) is 24.3 Å². The van der Waals surface area contributed by atoms with E-state index in [2.05, 4.69) is 25.9 Å².